The number of hydrogen-bond donors (Lipinski definition) is 0. The number of halogens is 1. The van der Waals surface area contributed by atoms with Crippen LogP contribution in [0.15, 0.2) is 66.9 Å². The number of allylic oxidation sites excluding steroid dienone is 1. The van der Waals surface area contributed by atoms with Crippen molar-refractivity contribution in [3.05, 3.63) is 94.5 Å². The molecule has 0 fully saturated rings. The molecular weight excluding hydrogens is 322 g/mol. The lowest BCUT2D eigenvalue weighted by atomic mass is 10.0. The number of pyridine rings is 1. The normalized spacial score (nSPS) is 13.0. The maximum atomic E-state index is 6.33. The third kappa shape index (κ3) is 2.76. The van der Waals surface area contributed by atoms with E-state index in [2.05, 4.69) is 27.1 Å². The molecule has 1 aromatic carbocycles. The molecule has 0 aliphatic heterocycles. The van der Waals surface area contributed by atoms with Crippen LogP contribution in [0.2, 0.25) is 5.02 Å². The van der Waals surface area contributed by atoms with Gasteiger partial charge in [0.25, 0.3) is 0 Å². The summed E-state index contributed by atoms with van der Waals surface area (Å²) in [4.78, 5) is 12.6. The summed E-state index contributed by atoms with van der Waals surface area (Å²) in [7, 11) is 0. The van der Waals surface area contributed by atoms with Gasteiger partial charge in [0, 0.05) is 24.4 Å². The van der Waals surface area contributed by atoms with Crippen LogP contribution < -0.4 is 0 Å². The van der Waals surface area contributed by atoms with E-state index in [1.54, 1.807) is 12.4 Å². The Morgan fingerprint density at radius 2 is 1.92 bits per heavy atom. The van der Waals surface area contributed by atoms with Gasteiger partial charge in [0.1, 0.15) is 18.7 Å². The molecule has 0 spiro atoms. The van der Waals surface area contributed by atoms with E-state index >= 15 is 0 Å². The van der Waals surface area contributed by atoms with Crippen LogP contribution in [0, 0.1) is 0 Å². The number of fused-ring (bicyclic) bond motifs is 1. The van der Waals surface area contributed by atoms with E-state index in [9.17, 15) is 0 Å². The smallest absolute Gasteiger partial charge is 0.130 e. The molecule has 0 amide bonds. The summed E-state index contributed by atoms with van der Waals surface area (Å²) in [5.74, 6) is 0.863. The SMILES string of the molecule is Clc1cncnc1C1=C(OCc2ccccn2)Cc2ccccc21. The van der Waals surface area contributed by atoms with Gasteiger partial charge >= 0.3 is 0 Å². The van der Waals surface area contributed by atoms with Crippen molar-refractivity contribution in [3.63, 3.8) is 0 Å². The molecule has 5 heteroatoms. The third-order valence-corrected chi connectivity index (χ3v) is 4.22. The van der Waals surface area contributed by atoms with Crippen LogP contribution in [0.4, 0.5) is 0 Å². The molecule has 0 bridgehead atoms. The molecule has 118 valence electrons. The van der Waals surface area contributed by atoms with Crippen LogP contribution in [0.25, 0.3) is 5.57 Å². The van der Waals surface area contributed by atoms with Crippen molar-refractivity contribution in [1.82, 2.24) is 15.0 Å². The molecule has 3 aromatic rings. The van der Waals surface area contributed by atoms with Gasteiger partial charge in [-0.15, -0.1) is 0 Å². The summed E-state index contributed by atoms with van der Waals surface area (Å²) in [6, 6.07) is 14.0. The minimum Gasteiger partial charge on any atom is -0.491 e. The molecule has 4 rings (SSSR count). The Morgan fingerprint density at radius 3 is 2.75 bits per heavy atom. The van der Waals surface area contributed by atoms with E-state index in [1.807, 2.05) is 30.3 Å². The average molecular weight is 336 g/mol. The zero-order valence-electron chi connectivity index (χ0n) is 12.8. The predicted octanol–water partition coefficient (Wildman–Crippen LogP) is 4.06. The fourth-order valence-electron chi connectivity index (χ4n) is 2.85. The lowest BCUT2D eigenvalue weighted by Crippen LogP contribution is -1.99. The number of aromatic nitrogens is 3. The van der Waals surface area contributed by atoms with Crippen LogP contribution in [0.1, 0.15) is 22.5 Å². The Morgan fingerprint density at radius 1 is 1.04 bits per heavy atom. The maximum absolute atomic E-state index is 6.33. The van der Waals surface area contributed by atoms with E-state index in [0.29, 0.717) is 17.3 Å². The fourth-order valence-corrected chi connectivity index (χ4v) is 3.05. The van der Waals surface area contributed by atoms with Gasteiger partial charge in [-0.1, -0.05) is 41.9 Å². The van der Waals surface area contributed by atoms with Crippen molar-refractivity contribution in [1.29, 1.82) is 0 Å². The van der Waals surface area contributed by atoms with Gasteiger partial charge < -0.3 is 4.74 Å². The van der Waals surface area contributed by atoms with Crippen molar-refractivity contribution in [2.45, 2.75) is 13.0 Å². The van der Waals surface area contributed by atoms with Crippen molar-refractivity contribution in [2.75, 3.05) is 0 Å². The van der Waals surface area contributed by atoms with Gasteiger partial charge in [0.2, 0.25) is 0 Å². The van der Waals surface area contributed by atoms with Gasteiger partial charge in [-0.3, -0.25) is 4.98 Å². The Hall–Kier alpha value is -2.72. The van der Waals surface area contributed by atoms with Crippen molar-refractivity contribution in [2.24, 2.45) is 0 Å². The van der Waals surface area contributed by atoms with Gasteiger partial charge in [-0.05, 0) is 23.3 Å². The summed E-state index contributed by atoms with van der Waals surface area (Å²) in [6.07, 6.45) is 5.59. The second kappa shape index (κ2) is 6.42. The summed E-state index contributed by atoms with van der Waals surface area (Å²) in [5.41, 5.74) is 4.84. The molecule has 2 heterocycles. The third-order valence-electron chi connectivity index (χ3n) is 3.94. The van der Waals surface area contributed by atoms with Gasteiger partial charge in [-0.2, -0.15) is 0 Å². The highest BCUT2D eigenvalue weighted by molar-refractivity contribution is 6.32. The molecule has 24 heavy (non-hydrogen) atoms. The first kappa shape index (κ1) is 14.8. The number of benzene rings is 1. The van der Waals surface area contributed by atoms with Crippen molar-refractivity contribution < 1.29 is 4.74 Å². The zero-order chi connectivity index (χ0) is 16.4. The molecule has 0 saturated heterocycles. The topological polar surface area (TPSA) is 47.9 Å². The second-order valence-corrected chi connectivity index (χ2v) is 5.87. The van der Waals surface area contributed by atoms with E-state index in [4.69, 9.17) is 16.3 Å². The van der Waals surface area contributed by atoms with E-state index in [0.717, 1.165) is 29.0 Å². The van der Waals surface area contributed by atoms with Gasteiger partial charge in [0.05, 0.1) is 16.4 Å². The molecule has 1 aliphatic rings. The highest BCUT2D eigenvalue weighted by Gasteiger charge is 2.26. The van der Waals surface area contributed by atoms with E-state index in [-0.39, 0.29) is 0 Å². The maximum Gasteiger partial charge on any atom is 0.130 e. The lowest BCUT2D eigenvalue weighted by Gasteiger charge is -2.11. The molecule has 0 atom stereocenters. The molecule has 2 aromatic heterocycles. The first-order valence-electron chi connectivity index (χ1n) is 7.63. The monoisotopic (exact) mass is 335 g/mol. The highest BCUT2D eigenvalue weighted by Crippen LogP contribution is 2.39. The van der Waals surface area contributed by atoms with E-state index in [1.165, 1.54) is 11.9 Å². The zero-order valence-corrected chi connectivity index (χ0v) is 13.6. The Kier molecular flexibility index (Phi) is 3.97. The Labute approximate surface area is 144 Å². The first-order chi connectivity index (χ1) is 11.8. The summed E-state index contributed by atoms with van der Waals surface area (Å²) in [5, 5.41) is 0.517. The van der Waals surface area contributed by atoms with Crippen molar-refractivity contribution in [3.8, 4) is 0 Å². The van der Waals surface area contributed by atoms with Crippen molar-refractivity contribution >= 4 is 17.2 Å². The van der Waals surface area contributed by atoms with E-state index < -0.39 is 0 Å². The molecule has 1 aliphatic carbocycles. The quantitative estimate of drug-likeness (QED) is 0.721. The molecule has 0 N–H and O–H groups in total. The summed E-state index contributed by atoms with van der Waals surface area (Å²) >= 11 is 6.33. The first-order valence-corrected chi connectivity index (χ1v) is 8.01. The Bertz CT molecular complexity index is 909. The minimum atomic E-state index is 0.413. The van der Waals surface area contributed by atoms with Gasteiger partial charge in [-0.25, -0.2) is 9.97 Å². The molecule has 0 radical (unpaired) electrons. The van der Waals surface area contributed by atoms with Crippen LogP contribution in [0.5, 0.6) is 0 Å². The average Bonchev–Trinajstić information content (AvgIpc) is 2.99. The number of ether oxygens (including phenoxy) is 1. The fraction of sp³-hybridized carbons (Fsp3) is 0.105. The lowest BCUT2D eigenvalue weighted by molar-refractivity contribution is 0.193. The largest absolute Gasteiger partial charge is 0.491 e. The number of rotatable bonds is 4. The summed E-state index contributed by atoms with van der Waals surface area (Å²) in [6.45, 7) is 0.413. The second-order valence-electron chi connectivity index (χ2n) is 5.46. The molecular formula is C19H14ClN3O. The standard InChI is InChI=1S/C19H14ClN3O/c20-16-10-21-12-23-19(16)18-15-7-2-1-5-13(15)9-17(18)24-11-14-6-3-4-8-22-14/h1-8,10,12H,9,11H2. The summed E-state index contributed by atoms with van der Waals surface area (Å²) < 4.78 is 6.09. The van der Waals surface area contributed by atoms with Gasteiger partial charge in [0.15, 0.2) is 0 Å². The molecule has 0 saturated carbocycles. The minimum absolute atomic E-state index is 0.413. The highest BCUT2D eigenvalue weighted by atomic mass is 35.5. The van der Waals surface area contributed by atoms with Crippen LogP contribution in [-0.2, 0) is 17.8 Å². The Balaban J connectivity index is 1.74. The number of hydrogen-bond acceptors (Lipinski definition) is 4. The number of nitrogens with zero attached hydrogens (tertiary/aromatic N) is 3. The van der Waals surface area contributed by atoms with Crippen LogP contribution >= 0.6 is 11.6 Å². The van der Waals surface area contributed by atoms with Crippen LogP contribution in [-0.4, -0.2) is 15.0 Å². The van der Waals surface area contributed by atoms with Crippen LogP contribution in [0.3, 0.4) is 0 Å². The molecule has 4 nitrogen and oxygen atoms in total. The predicted molar refractivity (Wildman–Crippen MR) is 92.2 cm³/mol. The molecule has 0 unspecified atom stereocenters.